The molecule has 0 radical (unpaired) electrons. The lowest BCUT2D eigenvalue weighted by Crippen LogP contribution is -2.19. The average molecular weight is 316 g/mol. The first-order chi connectivity index (χ1) is 9.87. The quantitative estimate of drug-likeness (QED) is 0.356. The van der Waals surface area contributed by atoms with Crippen LogP contribution in [0.1, 0.15) is 52.7 Å². The van der Waals surface area contributed by atoms with E-state index in [9.17, 15) is 5.11 Å². The Bertz CT molecular complexity index is 620. The minimum Gasteiger partial charge on any atom is -0.507 e. The summed E-state index contributed by atoms with van der Waals surface area (Å²) < 4.78 is 0. The first-order valence-corrected chi connectivity index (χ1v) is 7.57. The van der Waals surface area contributed by atoms with Crippen molar-refractivity contribution in [2.45, 2.75) is 52.4 Å². The van der Waals surface area contributed by atoms with Gasteiger partial charge in [0.15, 0.2) is 0 Å². The highest BCUT2D eigenvalue weighted by atomic mass is 32.1. The van der Waals surface area contributed by atoms with Crippen molar-refractivity contribution in [3.8, 4) is 11.8 Å². The summed E-state index contributed by atoms with van der Waals surface area (Å²) in [6.07, 6.45) is 0. The molecule has 0 saturated carbocycles. The Morgan fingerprint density at radius 3 is 1.86 bits per heavy atom. The van der Waals surface area contributed by atoms with Crippen LogP contribution in [-0.2, 0) is 10.8 Å². The average Bonchev–Trinajstić information content (AvgIpc) is 2.36. The van der Waals surface area contributed by atoms with E-state index in [-0.39, 0.29) is 16.4 Å². The van der Waals surface area contributed by atoms with Gasteiger partial charge in [-0.3, -0.25) is 0 Å². The van der Waals surface area contributed by atoms with Crippen LogP contribution < -0.4 is 5.32 Å². The smallest absolute Gasteiger partial charge is 0.123 e. The number of anilines is 1. The van der Waals surface area contributed by atoms with Crippen molar-refractivity contribution in [2.75, 3.05) is 5.32 Å². The van der Waals surface area contributed by atoms with Gasteiger partial charge in [-0.15, -0.1) is 0 Å². The van der Waals surface area contributed by atoms with Gasteiger partial charge >= 0.3 is 0 Å². The lowest BCUT2D eigenvalue weighted by Gasteiger charge is -2.28. The number of hydrogen-bond donors (Lipinski definition) is 2. The van der Waals surface area contributed by atoms with E-state index in [1.807, 2.05) is 59.7 Å². The summed E-state index contributed by atoms with van der Waals surface area (Å²) in [6.45, 7) is 15.9. The highest BCUT2D eigenvalue weighted by Gasteiger charge is 2.26. The first-order valence-electron chi connectivity index (χ1n) is 7.16. The minimum absolute atomic E-state index is 0.213. The maximum absolute atomic E-state index is 10.6. The number of benzene rings is 1. The van der Waals surface area contributed by atoms with Gasteiger partial charge in [-0.05, 0) is 23.0 Å². The molecule has 0 aliphatic heterocycles. The number of phenolic OH excluding ortho intramolecular Hbond substituents is 1. The molecule has 0 aromatic heterocycles. The van der Waals surface area contributed by atoms with E-state index < -0.39 is 0 Å². The molecule has 1 rings (SSSR count). The third-order valence-corrected chi connectivity index (χ3v) is 3.74. The Morgan fingerprint density at radius 2 is 1.55 bits per heavy atom. The van der Waals surface area contributed by atoms with Gasteiger partial charge in [0.25, 0.3) is 0 Å². The first kappa shape index (κ1) is 18.2. The Kier molecular flexibility index (Phi) is 5.04. The predicted molar refractivity (Wildman–Crippen MR) is 96.5 cm³/mol. The lowest BCUT2D eigenvalue weighted by atomic mass is 9.79. The standard InChI is InChI=1S/C18H24N2OS/c1-11(10-19)16(22)20-12-8-13(17(2,3)4)15(21)14(9-12)18(5,6)7/h8-9,21H,1H2,2-7H3,(H,20,22). The molecule has 0 atom stereocenters. The summed E-state index contributed by atoms with van der Waals surface area (Å²) in [4.78, 5) is 0.299. The van der Waals surface area contributed by atoms with E-state index in [2.05, 4.69) is 11.9 Å². The lowest BCUT2D eigenvalue weighted by molar-refractivity contribution is 0.423. The molecule has 3 nitrogen and oxygen atoms in total. The minimum atomic E-state index is -0.213. The maximum atomic E-state index is 10.6. The molecule has 0 heterocycles. The number of nitrogens with zero attached hydrogens (tertiary/aromatic N) is 1. The number of hydrogen-bond acceptors (Lipinski definition) is 3. The van der Waals surface area contributed by atoms with Crippen molar-refractivity contribution in [1.82, 2.24) is 0 Å². The van der Waals surface area contributed by atoms with Gasteiger partial charge in [-0.25, -0.2) is 0 Å². The number of thiocarbonyl (C=S) groups is 1. The zero-order valence-corrected chi connectivity index (χ0v) is 15.0. The SMILES string of the molecule is C=C(C#N)C(=S)Nc1cc(C(C)(C)C)c(O)c(C(C)(C)C)c1. The molecule has 22 heavy (non-hydrogen) atoms. The number of aromatic hydroxyl groups is 1. The number of phenols is 1. The van der Waals surface area contributed by atoms with Crippen LogP contribution in [0.5, 0.6) is 5.75 Å². The molecule has 0 spiro atoms. The Balaban J connectivity index is 3.46. The van der Waals surface area contributed by atoms with Crippen LogP contribution in [0.25, 0.3) is 0 Å². The third-order valence-electron chi connectivity index (χ3n) is 3.39. The molecule has 0 fully saturated rings. The molecule has 0 aliphatic carbocycles. The van der Waals surface area contributed by atoms with Crippen LogP contribution in [0.4, 0.5) is 5.69 Å². The number of nitrogens with one attached hydrogen (secondary N) is 1. The van der Waals surface area contributed by atoms with Crippen molar-refractivity contribution in [3.63, 3.8) is 0 Å². The molecule has 118 valence electrons. The van der Waals surface area contributed by atoms with E-state index in [0.717, 1.165) is 16.8 Å². The van der Waals surface area contributed by atoms with E-state index in [1.54, 1.807) is 0 Å². The fourth-order valence-corrected chi connectivity index (χ4v) is 2.27. The zero-order valence-electron chi connectivity index (χ0n) is 14.2. The maximum Gasteiger partial charge on any atom is 0.123 e. The molecule has 0 amide bonds. The third kappa shape index (κ3) is 4.08. The summed E-state index contributed by atoms with van der Waals surface area (Å²) >= 11 is 5.17. The summed E-state index contributed by atoms with van der Waals surface area (Å²) in [5.41, 5.74) is 2.23. The zero-order chi connectivity index (χ0) is 17.3. The summed E-state index contributed by atoms with van der Waals surface area (Å²) in [6, 6.07) is 5.69. The van der Waals surface area contributed by atoms with E-state index in [4.69, 9.17) is 17.5 Å². The van der Waals surface area contributed by atoms with Gasteiger partial charge in [0.2, 0.25) is 0 Å². The molecule has 4 heteroatoms. The molecule has 2 N–H and O–H groups in total. The van der Waals surface area contributed by atoms with E-state index in [0.29, 0.717) is 10.7 Å². The summed E-state index contributed by atoms with van der Waals surface area (Å²) in [7, 11) is 0. The molecular formula is C18H24N2OS. The van der Waals surface area contributed by atoms with Gasteiger partial charge < -0.3 is 10.4 Å². The Hall–Kier alpha value is -1.86. The van der Waals surface area contributed by atoms with Gasteiger partial charge in [0.1, 0.15) is 16.8 Å². The molecule has 0 aliphatic rings. The topological polar surface area (TPSA) is 56.0 Å². The van der Waals surface area contributed by atoms with E-state index in [1.165, 1.54) is 0 Å². The van der Waals surface area contributed by atoms with Gasteiger partial charge in [-0.1, -0.05) is 60.3 Å². The van der Waals surface area contributed by atoms with Crippen molar-refractivity contribution < 1.29 is 5.11 Å². The van der Waals surface area contributed by atoms with Crippen LogP contribution >= 0.6 is 12.2 Å². The fraction of sp³-hybridized carbons (Fsp3) is 0.444. The van der Waals surface area contributed by atoms with E-state index >= 15 is 0 Å². The highest BCUT2D eigenvalue weighted by molar-refractivity contribution is 7.81. The van der Waals surface area contributed by atoms with Crippen LogP contribution in [0.15, 0.2) is 24.3 Å². The van der Waals surface area contributed by atoms with Crippen LogP contribution in [-0.4, -0.2) is 10.1 Å². The highest BCUT2D eigenvalue weighted by Crippen LogP contribution is 2.41. The number of rotatable bonds is 2. The summed E-state index contributed by atoms with van der Waals surface area (Å²) in [5, 5.41) is 22.6. The normalized spacial score (nSPS) is 11.7. The second kappa shape index (κ2) is 6.10. The van der Waals surface area contributed by atoms with Crippen molar-refractivity contribution >= 4 is 22.9 Å². The second-order valence-electron chi connectivity index (χ2n) is 7.46. The van der Waals surface area contributed by atoms with Crippen LogP contribution in [0.2, 0.25) is 0 Å². The van der Waals surface area contributed by atoms with Gasteiger partial charge in [-0.2, -0.15) is 5.26 Å². The second-order valence-corrected chi connectivity index (χ2v) is 7.87. The monoisotopic (exact) mass is 316 g/mol. The molecule has 0 unspecified atom stereocenters. The van der Waals surface area contributed by atoms with Gasteiger partial charge in [0.05, 0.1) is 5.57 Å². The van der Waals surface area contributed by atoms with Crippen molar-refractivity contribution in [1.29, 1.82) is 5.26 Å². The Labute approximate surface area is 138 Å². The summed E-state index contributed by atoms with van der Waals surface area (Å²) in [5.74, 6) is 0.315. The van der Waals surface area contributed by atoms with Gasteiger partial charge in [0, 0.05) is 16.8 Å². The number of nitriles is 1. The Morgan fingerprint density at radius 1 is 1.14 bits per heavy atom. The van der Waals surface area contributed by atoms with Crippen LogP contribution in [0, 0.1) is 11.3 Å². The molecule has 0 saturated heterocycles. The van der Waals surface area contributed by atoms with Crippen molar-refractivity contribution in [2.24, 2.45) is 0 Å². The molecular weight excluding hydrogens is 292 g/mol. The van der Waals surface area contributed by atoms with Crippen LogP contribution in [0.3, 0.4) is 0 Å². The van der Waals surface area contributed by atoms with Crippen molar-refractivity contribution in [3.05, 3.63) is 35.4 Å². The predicted octanol–water partition coefficient (Wildman–Crippen LogP) is 4.81. The molecule has 0 bridgehead atoms. The molecule has 1 aromatic rings. The largest absolute Gasteiger partial charge is 0.507 e. The fourth-order valence-electron chi connectivity index (χ4n) is 2.11. The molecule has 1 aromatic carbocycles.